The first-order valence-electron chi connectivity index (χ1n) is 6.20. The van der Waals surface area contributed by atoms with Crippen LogP contribution in [0.2, 0.25) is 5.15 Å². The molecule has 20 heavy (non-hydrogen) atoms. The molecule has 1 aliphatic carbocycles. The van der Waals surface area contributed by atoms with Gasteiger partial charge < -0.3 is 10.4 Å². The van der Waals surface area contributed by atoms with E-state index in [0.29, 0.717) is 17.3 Å². The summed E-state index contributed by atoms with van der Waals surface area (Å²) in [7, 11) is 0. The van der Waals surface area contributed by atoms with Crippen LogP contribution in [0.1, 0.15) is 36.5 Å². The van der Waals surface area contributed by atoms with E-state index in [0.717, 1.165) is 6.42 Å². The number of amides is 1. The molecule has 2 N–H and O–H groups in total. The van der Waals surface area contributed by atoms with E-state index >= 15 is 0 Å². The molecule has 1 aromatic rings. The van der Waals surface area contributed by atoms with Crippen molar-refractivity contribution in [3.63, 3.8) is 0 Å². The number of carbonyl (C=O) groups is 2. The van der Waals surface area contributed by atoms with Crippen molar-refractivity contribution in [2.75, 3.05) is 0 Å². The van der Waals surface area contributed by atoms with Crippen LogP contribution in [0.4, 0.5) is 0 Å². The molecule has 1 fully saturated rings. The van der Waals surface area contributed by atoms with Gasteiger partial charge in [-0.2, -0.15) is 0 Å². The van der Waals surface area contributed by atoms with Crippen molar-refractivity contribution >= 4 is 39.4 Å². The molecule has 0 radical (unpaired) electrons. The Morgan fingerprint density at radius 2 is 2.30 bits per heavy atom. The van der Waals surface area contributed by atoms with Gasteiger partial charge in [-0.1, -0.05) is 18.0 Å². The van der Waals surface area contributed by atoms with Crippen LogP contribution in [0.15, 0.2) is 16.7 Å². The Morgan fingerprint density at radius 1 is 1.60 bits per heavy atom. The summed E-state index contributed by atoms with van der Waals surface area (Å²) in [6.45, 7) is 1.66. The molecule has 0 saturated heterocycles. The predicted octanol–water partition coefficient (Wildman–Crippen LogP) is 2.87. The van der Waals surface area contributed by atoms with Crippen molar-refractivity contribution in [1.82, 2.24) is 10.3 Å². The molecule has 7 heteroatoms. The van der Waals surface area contributed by atoms with E-state index in [1.54, 1.807) is 13.0 Å². The van der Waals surface area contributed by atoms with Crippen LogP contribution < -0.4 is 5.32 Å². The topological polar surface area (TPSA) is 79.3 Å². The molecule has 0 aromatic carbocycles. The first kappa shape index (κ1) is 15.3. The third-order valence-electron chi connectivity index (χ3n) is 3.80. The second kappa shape index (κ2) is 5.69. The number of aliphatic carboxylic acids is 1. The van der Waals surface area contributed by atoms with Gasteiger partial charge in [-0.25, -0.2) is 4.98 Å². The molecule has 0 spiro atoms. The molecule has 108 valence electrons. The highest BCUT2D eigenvalue weighted by molar-refractivity contribution is 9.10. The molecule has 1 heterocycles. The smallest absolute Gasteiger partial charge is 0.311 e. The second-order valence-electron chi connectivity index (χ2n) is 5.13. The molecule has 5 nitrogen and oxygen atoms in total. The Labute approximate surface area is 129 Å². The van der Waals surface area contributed by atoms with Gasteiger partial charge in [0.25, 0.3) is 5.91 Å². The van der Waals surface area contributed by atoms with E-state index in [4.69, 9.17) is 11.6 Å². The standard InChI is InChI=1S/C13H14BrClN2O3/c1-13(12(19)20)4-2-3-9(13)17-11(18)8-5-7(14)6-16-10(8)15/h5-6,9H,2-4H2,1H3,(H,17,18)(H,19,20). The van der Waals surface area contributed by atoms with Crippen molar-refractivity contribution in [3.05, 3.63) is 27.5 Å². The van der Waals surface area contributed by atoms with E-state index < -0.39 is 23.3 Å². The molecule has 1 aromatic heterocycles. The van der Waals surface area contributed by atoms with Crippen LogP contribution in [0.5, 0.6) is 0 Å². The van der Waals surface area contributed by atoms with E-state index in [1.807, 2.05) is 0 Å². The normalized spacial score (nSPS) is 25.4. The highest BCUT2D eigenvalue weighted by Gasteiger charge is 2.46. The minimum atomic E-state index is -0.929. The third-order valence-corrected chi connectivity index (χ3v) is 4.54. The van der Waals surface area contributed by atoms with Crippen molar-refractivity contribution in [2.45, 2.75) is 32.2 Å². The Morgan fingerprint density at radius 3 is 2.95 bits per heavy atom. The van der Waals surface area contributed by atoms with Gasteiger partial charge in [-0.3, -0.25) is 9.59 Å². The maximum atomic E-state index is 12.2. The van der Waals surface area contributed by atoms with Gasteiger partial charge in [0.05, 0.1) is 11.0 Å². The maximum Gasteiger partial charge on any atom is 0.311 e. The molecule has 1 saturated carbocycles. The summed E-state index contributed by atoms with van der Waals surface area (Å²) < 4.78 is 0.638. The molecule has 0 bridgehead atoms. The number of nitrogens with one attached hydrogen (secondary N) is 1. The Hall–Kier alpha value is -1.14. The summed E-state index contributed by atoms with van der Waals surface area (Å²) in [4.78, 5) is 27.5. The van der Waals surface area contributed by atoms with Gasteiger partial charge in [0, 0.05) is 16.7 Å². The van der Waals surface area contributed by atoms with Crippen LogP contribution in [0, 0.1) is 5.41 Å². The zero-order chi connectivity index (χ0) is 14.9. The summed E-state index contributed by atoms with van der Waals surface area (Å²) in [5, 5.41) is 12.2. The van der Waals surface area contributed by atoms with E-state index in [-0.39, 0.29) is 10.7 Å². The molecule has 0 aliphatic heterocycles. The van der Waals surface area contributed by atoms with E-state index in [1.165, 1.54) is 6.20 Å². The Bertz CT molecular complexity index is 567. The fourth-order valence-electron chi connectivity index (χ4n) is 2.47. The Balaban J connectivity index is 2.19. The SMILES string of the molecule is CC1(C(=O)O)CCCC1NC(=O)c1cc(Br)cnc1Cl. The van der Waals surface area contributed by atoms with Crippen LogP contribution in [0.3, 0.4) is 0 Å². The molecule has 2 atom stereocenters. The van der Waals surface area contributed by atoms with Crippen LogP contribution in [-0.2, 0) is 4.79 Å². The number of hydrogen-bond donors (Lipinski definition) is 2. The number of carboxylic acids is 1. The third kappa shape index (κ3) is 2.81. The van der Waals surface area contributed by atoms with Gasteiger partial charge in [0.1, 0.15) is 5.15 Å². The van der Waals surface area contributed by atoms with Crippen LogP contribution >= 0.6 is 27.5 Å². The highest BCUT2D eigenvalue weighted by atomic mass is 79.9. The van der Waals surface area contributed by atoms with E-state index in [2.05, 4.69) is 26.2 Å². The zero-order valence-corrected chi connectivity index (χ0v) is 13.2. The van der Waals surface area contributed by atoms with Gasteiger partial charge in [0.15, 0.2) is 0 Å². The average molecular weight is 362 g/mol. The fourth-order valence-corrected chi connectivity index (χ4v) is 2.99. The molecule has 2 unspecified atom stereocenters. The minimum Gasteiger partial charge on any atom is -0.481 e. The number of aromatic nitrogens is 1. The molecule has 2 rings (SSSR count). The van der Waals surface area contributed by atoms with Gasteiger partial charge >= 0.3 is 5.97 Å². The number of carboxylic acid groups (broad SMARTS) is 1. The van der Waals surface area contributed by atoms with Gasteiger partial charge in [-0.15, -0.1) is 0 Å². The molecule has 1 aliphatic rings. The van der Waals surface area contributed by atoms with Crippen LogP contribution in [-0.4, -0.2) is 28.0 Å². The lowest BCUT2D eigenvalue weighted by Gasteiger charge is -2.27. The summed E-state index contributed by atoms with van der Waals surface area (Å²) in [5.41, 5.74) is -0.692. The number of pyridine rings is 1. The number of rotatable bonds is 3. The summed E-state index contributed by atoms with van der Waals surface area (Å²) in [6.07, 6.45) is 3.47. The van der Waals surface area contributed by atoms with Crippen LogP contribution in [0.25, 0.3) is 0 Å². The largest absolute Gasteiger partial charge is 0.481 e. The van der Waals surface area contributed by atoms with E-state index in [9.17, 15) is 14.7 Å². The average Bonchev–Trinajstić information content (AvgIpc) is 2.75. The predicted molar refractivity (Wildman–Crippen MR) is 77.8 cm³/mol. The Kier molecular flexibility index (Phi) is 4.34. The van der Waals surface area contributed by atoms with Crippen molar-refractivity contribution in [1.29, 1.82) is 0 Å². The number of hydrogen-bond acceptors (Lipinski definition) is 3. The van der Waals surface area contributed by atoms with Crippen molar-refractivity contribution in [3.8, 4) is 0 Å². The summed E-state index contributed by atoms with van der Waals surface area (Å²) >= 11 is 9.13. The summed E-state index contributed by atoms with van der Waals surface area (Å²) in [5.74, 6) is -1.29. The summed E-state index contributed by atoms with van der Waals surface area (Å²) in [6, 6.07) is 1.17. The fraction of sp³-hybridized carbons (Fsp3) is 0.462. The minimum absolute atomic E-state index is 0.0979. The number of nitrogens with zero attached hydrogens (tertiary/aromatic N) is 1. The lowest BCUT2D eigenvalue weighted by atomic mass is 9.85. The first-order valence-corrected chi connectivity index (χ1v) is 7.37. The monoisotopic (exact) mass is 360 g/mol. The molecular formula is C13H14BrClN2O3. The highest BCUT2D eigenvalue weighted by Crippen LogP contribution is 2.38. The van der Waals surface area contributed by atoms with Crippen molar-refractivity contribution < 1.29 is 14.7 Å². The quantitative estimate of drug-likeness (QED) is 0.811. The number of carbonyl (C=O) groups excluding carboxylic acids is 1. The second-order valence-corrected chi connectivity index (χ2v) is 6.41. The lowest BCUT2D eigenvalue weighted by molar-refractivity contribution is -0.148. The first-order chi connectivity index (χ1) is 9.34. The van der Waals surface area contributed by atoms with Gasteiger partial charge in [0.2, 0.25) is 0 Å². The van der Waals surface area contributed by atoms with Gasteiger partial charge in [-0.05, 0) is 41.8 Å². The maximum absolute atomic E-state index is 12.2. The zero-order valence-electron chi connectivity index (χ0n) is 10.8. The molecular weight excluding hydrogens is 348 g/mol. The number of halogens is 2. The van der Waals surface area contributed by atoms with Crippen molar-refractivity contribution in [2.24, 2.45) is 5.41 Å². The molecule has 1 amide bonds. The lowest BCUT2D eigenvalue weighted by Crippen LogP contribution is -2.47.